The van der Waals surface area contributed by atoms with E-state index >= 15 is 0 Å². The minimum Gasteiger partial charge on any atom is -0.497 e. The first-order valence-corrected chi connectivity index (χ1v) is 8.74. The summed E-state index contributed by atoms with van der Waals surface area (Å²) in [6.07, 6.45) is 0.105. The molecule has 0 radical (unpaired) electrons. The van der Waals surface area contributed by atoms with Crippen LogP contribution >= 0.6 is 15.9 Å². The number of rotatable bonds is 8. The summed E-state index contributed by atoms with van der Waals surface area (Å²) in [6, 6.07) is 13.0. The monoisotopic (exact) mass is 407 g/mol. The Labute approximate surface area is 156 Å². The molecule has 0 aliphatic heterocycles. The Morgan fingerprint density at radius 3 is 2.64 bits per heavy atom. The first-order valence-electron chi connectivity index (χ1n) is 7.95. The number of aryl methyl sites for hydroxylation is 1. The Hall–Kier alpha value is -2.05. The Morgan fingerprint density at radius 1 is 1.20 bits per heavy atom. The number of halogens is 1. The number of hydrogen-bond donors (Lipinski definition) is 2. The predicted molar refractivity (Wildman–Crippen MR) is 100.0 cm³/mol. The molecule has 0 aliphatic rings. The van der Waals surface area contributed by atoms with Gasteiger partial charge in [0.2, 0.25) is 5.91 Å². The molecule has 0 aliphatic carbocycles. The van der Waals surface area contributed by atoms with E-state index in [0.717, 1.165) is 10.0 Å². The van der Waals surface area contributed by atoms with E-state index < -0.39 is 6.10 Å². The number of carbonyl (C=O) groups excluding carboxylic acids is 1. The molecular formula is C19H22BrNO4. The second-order valence-electron chi connectivity index (χ2n) is 5.52. The van der Waals surface area contributed by atoms with E-state index in [9.17, 15) is 9.90 Å². The van der Waals surface area contributed by atoms with Crippen LogP contribution in [-0.4, -0.2) is 31.8 Å². The number of benzene rings is 2. The summed E-state index contributed by atoms with van der Waals surface area (Å²) < 4.78 is 11.4. The Morgan fingerprint density at radius 2 is 1.96 bits per heavy atom. The van der Waals surface area contributed by atoms with Gasteiger partial charge < -0.3 is 19.9 Å². The van der Waals surface area contributed by atoms with Gasteiger partial charge in [0.25, 0.3) is 0 Å². The molecular weight excluding hydrogens is 386 g/mol. The average Bonchev–Trinajstić information content (AvgIpc) is 2.64. The van der Waals surface area contributed by atoms with Gasteiger partial charge in [-0.2, -0.15) is 0 Å². The van der Waals surface area contributed by atoms with Gasteiger partial charge >= 0.3 is 0 Å². The van der Waals surface area contributed by atoms with Crippen molar-refractivity contribution >= 4 is 21.8 Å². The first kappa shape index (κ1) is 19.3. The van der Waals surface area contributed by atoms with Gasteiger partial charge in [-0.3, -0.25) is 4.79 Å². The van der Waals surface area contributed by atoms with Crippen LogP contribution in [-0.2, 0) is 11.2 Å². The minimum absolute atomic E-state index is 0.109. The molecule has 2 aromatic carbocycles. The fourth-order valence-corrected chi connectivity index (χ4v) is 2.94. The van der Waals surface area contributed by atoms with Crippen molar-refractivity contribution in [1.29, 1.82) is 0 Å². The van der Waals surface area contributed by atoms with Gasteiger partial charge in [-0.1, -0.05) is 34.1 Å². The van der Waals surface area contributed by atoms with Crippen LogP contribution in [0.4, 0.5) is 0 Å². The molecule has 2 N–H and O–H groups in total. The summed E-state index contributed by atoms with van der Waals surface area (Å²) in [7, 11) is 3.09. The number of hydrogen-bond acceptors (Lipinski definition) is 4. The molecule has 0 heterocycles. The highest BCUT2D eigenvalue weighted by Gasteiger charge is 2.15. The van der Waals surface area contributed by atoms with Crippen LogP contribution in [0, 0.1) is 0 Å². The molecule has 0 bridgehead atoms. The number of nitrogens with one attached hydrogen (secondary N) is 1. The fourth-order valence-electron chi connectivity index (χ4n) is 2.46. The van der Waals surface area contributed by atoms with Crippen LogP contribution in [0.1, 0.15) is 23.7 Å². The topological polar surface area (TPSA) is 67.8 Å². The van der Waals surface area contributed by atoms with Gasteiger partial charge in [0.05, 0.1) is 20.3 Å². The van der Waals surface area contributed by atoms with Crippen molar-refractivity contribution in [1.82, 2.24) is 5.32 Å². The van der Waals surface area contributed by atoms with Gasteiger partial charge in [0, 0.05) is 23.0 Å². The third-order valence-electron chi connectivity index (χ3n) is 3.87. The van der Waals surface area contributed by atoms with Crippen molar-refractivity contribution in [3.8, 4) is 11.5 Å². The highest BCUT2D eigenvalue weighted by Crippen LogP contribution is 2.29. The van der Waals surface area contributed by atoms with Crippen LogP contribution in [0.2, 0.25) is 0 Å². The predicted octanol–water partition coefficient (Wildman–Crippen LogP) is 3.25. The Bertz CT molecular complexity index is 720. The maximum absolute atomic E-state index is 12.0. The van der Waals surface area contributed by atoms with E-state index in [1.807, 2.05) is 24.3 Å². The van der Waals surface area contributed by atoms with Crippen molar-refractivity contribution < 1.29 is 19.4 Å². The second kappa shape index (κ2) is 9.44. The number of methoxy groups -OCH3 is 2. The molecule has 6 heteroatoms. The lowest BCUT2D eigenvalue weighted by molar-refractivity contribution is -0.121. The molecule has 0 fully saturated rings. The van der Waals surface area contributed by atoms with Crippen molar-refractivity contribution in [2.45, 2.75) is 18.9 Å². The largest absolute Gasteiger partial charge is 0.497 e. The Kier molecular flexibility index (Phi) is 7.28. The maximum Gasteiger partial charge on any atom is 0.220 e. The van der Waals surface area contributed by atoms with Crippen molar-refractivity contribution in [3.05, 3.63) is 58.1 Å². The zero-order valence-corrected chi connectivity index (χ0v) is 15.9. The quantitative estimate of drug-likeness (QED) is 0.704. The third kappa shape index (κ3) is 5.47. The summed E-state index contributed by atoms with van der Waals surface area (Å²) in [5.74, 6) is 1.06. The number of aliphatic hydroxyl groups is 1. The smallest absolute Gasteiger partial charge is 0.220 e. The van der Waals surface area contributed by atoms with Crippen molar-refractivity contribution in [3.63, 3.8) is 0 Å². The van der Waals surface area contributed by atoms with Crippen LogP contribution < -0.4 is 14.8 Å². The van der Waals surface area contributed by atoms with Crippen LogP contribution in [0.3, 0.4) is 0 Å². The van der Waals surface area contributed by atoms with Gasteiger partial charge in [0.15, 0.2) is 0 Å². The fraction of sp³-hybridized carbons (Fsp3) is 0.316. The highest BCUT2D eigenvalue weighted by molar-refractivity contribution is 9.10. The lowest BCUT2D eigenvalue weighted by Crippen LogP contribution is -2.28. The molecule has 0 saturated heterocycles. The molecule has 1 atom stereocenters. The molecule has 0 spiro atoms. The minimum atomic E-state index is -0.877. The lowest BCUT2D eigenvalue weighted by atomic mass is 10.1. The van der Waals surface area contributed by atoms with Crippen molar-refractivity contribution in [2.75, 3.05) is 20.8 Å². The van der Waals surface area contributed by atoms with E-state index in [1.165, 1.54) is 7.11 Å². The first-order chi connectivity index (χ1) is 12.0. The molecule has 2 rings (SSSR count). The molecule has 0 saturated carbocycles. The van der Waals surface area contributed by atoms with Crippen molar-refractivity contribution in [2.24, 2.45) is 0 Å². The number of carbonyl (C=O) groups is 1. The van der Waals surface area contributed by atoms with Crippen LogP contribution in [0.25, 0.3) is 0 Å². The van der Waals surface area contributed by atoms with Gasteiger partial charge in [0.1, 0.15) is 11.5 Å². The number of aliphatic hydroxyl groups excluding tert-OH is 1. The molecule has 25 heavy (non-hydrogen) atoms. The number of ether oxygens (including phenoxy) is 2. The van der Waals surface area contributed by atoms with Gasteiger partial charge in [-0.25, -0.2) is 0 Å². The normalized spacial score (nSPS) is 11.7. The molecule has 2 aromatic rings. The summed E-state index contributed by atoms with van der Waals surface area (Å²) >= 11 is 3.47. The molecule has 134 valence electrons. The Balaban J connectivity index is 1.90. The molecule has 1 amide bonds. The van der Waals surface area contributed by atoms with Crippen LogP contribution in [0.5, 0.6) is 11.5 Å². The van der Waals surface area contributed by atoms with Gasteiger partial charge in [-0.05, 0) is 36.2 Å². The SMILES string of the molecule is COc1ccc(OC)c(C(O)CNC(=O)CCc2ccccc2Br)c1. The zero-order valence-electron chi connectivity index (χ0n) is 14.3. The van der Waals surface area contributed by atoms with E-state index in [1.54, 1.807) is 25.3 Å². The summed E-state index contributed by atoms with van der Waals surface area (Å²) in [5, 5.41) is 13.1. The summed E-state index contributed by atoms with van der Waals surface area (Å²) in [4.78, 5) is 12.0. The standard InChI is InChI=1S/C19H22BrNO4/c1-24-14-8-9-18(25-2)15(11-14)17(22)12-21-19(23)10-7-13-5-3-4-6-16(13)20/h3-6,8-9,11,17,22H,7,10,12H2,1-2H3,(H,21,23). The van der Waals surface area contributed by atoms with E-state index in [4.69, 9.17) is 9.47 Å². The maximum atomic E-state index is 12.0. The molecule has 1 unspecified atom stereocenters. The number of amides is 1. The van der Waals surface area contributed by atoms with E-state index in [0.29, 0.717) is 29.9 Å². The second-order valence-corrected chi connectivity index (χ2v) is 6.37. The third-order valence-corrected chi connectivity index (χ3v) is 4.64. The average molecular weight is 408 g/mol. The van der Waals surface area contributed by atoms with Crippen LogP contribution in [0.15, 0.2) is 46.9 Å². The summed E-state index contributed by atoms with van der Waals surface area (Å²) in [6.45, 7) is 0.109. The molecule has 5 nitrogen and oxygen atoms in total. The van der Waals surface area contributed by atoms with E-state index in [2.05, 4.69) is 21.2 Å². The highest BCUT2D eigenvalue weighted by atomic mass is 79.9. The lowest BCUT2D eigenvalue weighted by Gasteiger charge is -2.16. The molecule has 0 aromatic heterocycles. The summed E-state index contributed by atoms with van der Waals surface area (Å²) in [5.41, 5.74) is 1.65. The van der Waals surface area contributed by atoms with Gasteiger partial charge in [-0.15, -0.1) is 0 Å². The zero-order chi connectivity index (χ0) is 18.2. The van der Waals surface area contributed by atoms with E-state index in [-0.39, 0.29) is 12.5 Å².